The first-order valence-corrected chi connectivity index (χ1v) is 8.14. The van der Waals surface area contributed by atoms with Gasteiger partial charge in [-0.15, -0.1) is 0 Å². The van der Waals surface area contributed by atoms with E-state index in [9.17, 15) is 0 Å². The number of ether oxygens (including phenoxy) is 2. The fourth-order valence-corrected chi connectivity index (χ4v) is 2.51. The summed E-state index contributed by atoms with van der Waals surface area (Å²) in [5.74, 6) is 2.59. The van der Waals surface area contributed by atoms with Crippen LogP contribution in [0, 0.1) is 6.92 Å². The molecule has 0 N–H and O–H groups in total. The largest absolute Gasteiger partial charge is 0.494 e. The van der Waals surface area contributed by atoms with Crippen molar-refractivity contribution in [3.05, 3.63) is 47.3 Å². The monoisotopic (exact) mass is 314 g/mol. The van der Waals surface area contributed by atoms with Gasteiger partial charge in [0.15, 0.2) is 0 Å². The first kappa shape index (κ1) is 15.6. The number of aryl methyl sites for hydroxylation is 2. The molecule has 1 aromatic carbocycles. The standard InChI is InChI=1S/C18H22N2O3/c1-14-13-17(23-20-14)5-3-2-4-11-21-16-8-6-15(7-9-16)18-19-10-12-22-18/h6-9,13H,2-5,10-12H2,1H3. The van der Waals surface area contributed by atoms with Gasteiger partial charge in [0.25, 0.3) is 0 Å². The van der Waals surface area contributed by atoms with Gasteiger partial charge in [-0.1, -0.05) is 5.16 Å². The summed E-state index contributed by atoms with van der Waals surface area (Å²) in [4.78, 5) is 4.30. The van der Waals surface area contributed by atoms with Gasteiger partial charge in [0.1, 0.15) is 18.1 Å². The zero-order chi connectivity index (χ0) is 15.9. The molecule has 0 bridgehead atoms. The third kappa shape index (κ3) is 4.58. The highest BCUT2D eigenvalue weighted by Crippen LogP contribution is 2.15. The Morgan fingerprint density at radius 1 is 1.13 bits per heavy atom. The molecule has 2 heterocycles. The minimum absolute atomic E-state index is 0.682. The van der Waals surface area contributed by atoms with Crippen LogP contribution >= 0.6 is 0 Å². The maximum atomic E-state index is 5.76. The lowest BCUT2D eigenvalue weighted by Crippen LogP contribution is -2.01. The number of hydrogen-bond acceptors (Lipinski definition) is 5. The molecule has 23 heavy (non-hydrogen) atoms. The van der Waals surface area contributed by atoms with Crippen molar-refractivity contribution >= 4 is 5.90 Å². The van der Waals surface area contributed by atoms with Crippen LogP contribution in [-0.2, 0) is 11.2 Å². The topological polar surface area (TPSA) is 56.9 Å². The first-order chi connectivity index (χ1) is 11.3. The second kappa shape index (κ2) is 7.81. The van der Waals surface area contributed by atoms with Gasteiger partial charge in [0, 0.05) is 18.1 Å². The van der Waals surface area contributed by atoms with Gasteiger partial charge in [-0.05, 0) is 50.5 Å². The van der Waals surface area contributed by atoms with Gasteiger partial charge >= 0.3 is 0 Å². The molecule has 0 atom stereocenters. The van der Waals surface area contributed by atoms with Crippen LogP contribution in [-0.4, -0.2) is 30.8 Å². The maximum Gasteiger partial charge on any atom is 0.216 e. The van der Waals surface area contributed by atoms with Gasteiger partial charge in [-0.25, -0.2) is 4.99 Å². The summed E-state index contributed by atoms with van der Waals surface area (Å²) in [6.45, 7) is 4.10. The summed E-state index contributed by atoms with van der Waals surface area (Å²) in [6.07, 6.45) is 4.18. The Hall–Kier alpha value is -2.30. The van der Waals surface area contributed by atoms with E-state index in [0.29, 0.717) is 6.61 Å². The minimum atomic E-state index is 0.682. The zero-order valence-electron chi connectivity index (χ0n) is 13.5. The Bertz CT molecular complexity index is 647. The quantitative estimate of drug-likeness (QED) is 0.699. The fraction of sp³-hybridized carbons (Fsp3) is 0.444. The molecule has 1 aliphatic heterocycles. The van der Waals surface area contributed by atoms with Gasteiger partial charge in [0.2, 0.25) is 5.90 Å². The van der Waals surface area contributed by atoms with Crippen molar-refractivity contribution in [2.75, 3.05) is 19.8 Å². The number of benzene rings is 1. The smallest absolute Gasteiger partial charge is 0.216 e. The third-order valence-corrected chi connectivity index (χ3v) is 3.70. The molecular weight excluding hydrogens is 292 g/mol. The van der Waals surface area contributed by atoms with E-state index in [2.05, 4.69) is 10.1 Å². The van der Waals surface area contributed by atoms with E-state index >= 15 is 0 Å². The van der Waals surface area contributed by atoms with Crippen molar-refractivity contribution in [3.8, 4) is 5.75 Å². The zero-order valence-corrected chi connectivity index (χ0v) is 13.5. The van der Waals surface area contributed by atoms with E-state index in [1.54, 1.807) is 0 Å². The molecule has 1 aliphatic rings. The van der Waals surface area contributed by atoms with E-state index in [0.717, 1.165) is 67.5 Å². The number of hydrogen-bond donors (Lipinski definition) is 0. The van der Waals surface area contributed by atoms with Crippen molar-refractivity contribution in [2.45, 2.75) is 32.6 Å². The molecule has 0 radical (unpaired) electrons. The van der Waals surface area contributed by atoms with Crippen molar-refractivity contribution in [1.82, 2.24) is 5.16 Å². The highest BCUT2D eigenvalue weighted by Gasteiger charge is 2.09. The molecule has 0 aliphatic carbocycles. The van der Waals surface area contributed by atoms with Crippen LogP contribution in [0.1, 0.15) is 36.3 Å². The van der Waals surface area contributed by atoms with Crippen LogP contribution < -0.4 is 4.74 Å². The Kier molecular flexibility index (Phi) is 5.29. The van der Waals surface area contributed by atoms with Crippen molar-refractivity contribution in [1.29, 1.82) is 0 Å². The first-order valence-electron chi connectivity index (χ1n) is 8.14. The predicted octanol–water partition coefficient (Wildman–Crippen LogP) is 3.55. The minimum Gasteiger partial charge on any atom is -0.494 e. The fourth-order valence-electron chi connectivity index (χ4n) is 2.51. The van der Waals surface area contributed by atoms with Crippen LogP contribution in [0.2, 0.25) is 0 Å². The van der Waals surface area contributed by atoms with Crippen LogP contribution in [0.25, 0.3) is 0 Å². The van der Waals surface area contributed by atoms with Gasteiger partial charge < -0.3 is 14.0 Å². The maximum absolute atomic E-state index is 5.76. The van der Waals surface area contributed by atoms with Gasteiger partial charge in [-0.3, -0.25) is 0 Å². The van der Waals surface area contributed by atoms with E-state index in [4.69, 9.17) is 14.0 Å². The molecule has 122 valence electrons. The summed E-state index contributed by atoms with van der Waals surface area (Å²) in [5.41, 5.74) is 1.96. The van der Waals surface area contributed by atoms with Crippen LogP contribution in [0.5, 0.6) is 5.75 Å². The molecule has 0 amide bonds. The lowest BCUT2D eigenvalue weighted by Gasteiger charge is -2.07. The molecule has 1 aromatic heterocycles. The molecule has 3 rings (SSSR count). The second-order valence-corrected chi connectivity index (χ2v) is 5.65. The number of aliphatic imine (C=N–C) groups is 1. The van der Waals surface area contributed by atoms with Crippen LogP contribution in [0.15, 0.2) is 39.8 Å². The molecule has 0 spiro atoms. The predicted molar refractivity (Wildman–Crippen MR) is 88.1 cm³/mol. The van der Waals surface area contributed by atoms with Gasteiger partial charge in [-0.2, -0.15) is 0 Å². The Balaban J connectivity index is 1.32. The molecule has 5 nitrogen and oxygen atoms in total. The lowest BCUT2D eigenvalue weighted by molar-refractivity contribution is 0.303. The van der Waals surface area contributed by atoms with Gasteiger partial charge in [0.05, 0.1) is 18.8 Å². The van der Waals surface area contributed by atoms with Crippen LogP contribution in [0.4, 0.5) is 0 Å². The number of rotatable bonds is 8. The van der Waals surface area contributed by atoms with E-state index < -0.39 is 0 Å². The normalized spacial score (nSPS) is 13.7. The molecule has 0 saturated carbocycles. The summed E-state index contributed by atoms with van der Waals surface area (Å²) in [7, 11) is 0. The molecule has 0 saturated heterocycles. The van der Waals surface area contributed by atoms with E-state index in [1.165, 1.54) is 0 Å². The molecule has 2 aromatic rings. The average molecular weight is 314 g/mol. The lowest BCUT2D eigenvalue weighted by atomic mass is 10.1. The second-order valence-electron chi connectivity index (χ2n) is 5.65. The van der Waals surface area contributed by atoms with Crippen molar-refractivity contribution in [3.63, 3.8) is 0 Å². The molecule has 0 unspecified atom stereocenters. The summed E-state index contributed by atoms with van der Waals surface area (Å²) in [5, 5.41) is 3.89. The Morgan fingerprint density at radius 2 is 2.00 bits per heavy atom. The summed E-state index contributed by atoms with van der Waals surface area (Å²) < 4.78 is 16.4. The summed E-state index contributed by atoms with van der Waals surface area (Å²) >= 11 is 0. The van der Waals surface area contributed by atoms with Crippen molar-refractivity contribution in [2.24, 2.45) is 4.99 Å². The molecule has 0 fully saturated rings. The Labute approximate surface area is 136 Å². The highest BCUT2D eigenvalue weighted by molar-refractivity contribution is 5.94. The average Bonchev–Trinajstić information content (AvgIpc) is 3.23. The SMILES string of the molecule is Cc1cc(CCCCCOc2ccc(C3=NCCO3)cc2)on1. The van der Waals surface area contributed by atoms with Crippen molar-refractivity contribution < 1.29 is 14.0 Å². The van der Waals surface area contributed by atoms with Crippen LogP contribution in [0.3, 0.4) is 0 Å². The summed E-state index contributed by atoms with van der Waals surface area (Å²) in [6, 6.07) is 9.92. The van der Waals surface area contributed by atoms with E-state index in [-0.39, 0.29) is 0 Å². The third-order valence-electron chi connectivity index (χ3n) is 3.70. The number of nitrogens with zero attached hydrogens (tertiary/aromatic N) is 2. The highest BCUT2D eigenvalue weighted by atomic mass is 16.5. The van der Waals surface area contributed by atoms with E-state index in [1.807, 2.05) is 37.3 Å². The number of unbranched alkanes of at least 4 members (excludes halogenated alkanes) is 2. The molecule has 5 heteroatoms. The Morgan fingerprint density at radius 3 is 2.70 bits per heavy atom. The number of aromatic nitrogens is 1. The molecular formula is C18H22N2O3.